The summed E-state index contributed by atoms with van der Waals surface area (Å²) in [5.74, 6) is 0.319. The van der Waals surface area contributed by atoms with Crippen molar-refractivity contribution in [2.75, 3.05) is 20.2 Å². The van der Waals surface area contributed by atoms with E-state index < -0.39 is 5.41 Å². The fourth-order valence-corrected chi connectivity index (χ4v) is 1.82. The van der Waals surface area contributed by atoms with Crippen LogP contribution in [-0.2, 0) is 4.79 Å². The van der Waals surface area contributed by atoms with Gasteiger partial charge in [0.1, 0.15) is 0 Å². The van der Waals surface area contributed by atoms with E-state index >= 15 is 0 Å². The van der Waals surface area contributed by atoms with Gasteiger partial charge in [0.25, 0.3) is 0 Å². The van der Waals surface area contributed by atoms with Gasteiger partial charge in [0.05, 0.1) is 12.0 Å². The molecule has 0 radical (unpaired) electrons. The number of hydrogen-bond donors (Lipinski definition) is 1. The summed E-state index contributed by atoms with van der Waals surface area (Å²) >= 11 is 0. The number of carbonyl (C=O) groups is 1. The molecular weight excluding hydrogens is 154 g/mol. The molecule has 0 bridgehead atoms. The predicted octanol–water partition coefficient (Wildman–Crippen LogP) is 0.483. The van der Waals surface area contributed by atoms with E-state index in [0.29, 0.717) is 0 Å². The van der Waals surface area contributed by atoms with Crippen LogP contribution < -0.4 is 0 Å². The molecule has 1 unspecified atom stereocenters. The van der Waals surface area contributed by atoms with Gasteiger partial charge in [0.15, 0.2) is 0 Å². The summed E-state index contributed by atoms with van der Waals surface area (Å²) in [4.78, 5) is 13.4. The quantitative estimate of drug-likeness (QED) is 0.656. The van der Waals surface area contributed by atoms with Gasteiger partial charge in [0.2, 0.25) is 5.91 Å². The van der Waals surface area contributed by atoms with Crippen LogP contribution in [0.15, 0.2) is 0 Å². The van der Waals surface area contributed by atoms with Crippen LogP contribution in [0.2, 0.25) is 0 Å². The molecule has 1 aliphatic heterocycles. The summed E-state index contributed by atoms with van der Waals surface area (Å²) in [7, 11) is 1.79. The van der Waals surface area contributed by atoms with Crippen molar-refractivity contribution in [1.29, 1.82) is 0 Å². The number of amides is 1. The van der Waals surface area contributed by atoms with E-state index in [1.54, 1.807) is 11.9 Å². The Bertz CT molecular complexity index is 191. The number of rotatable bonds is 2. The third-order valence-corrected chi connectivity index (χ3v) is 3.05. The summed E-state index contributed by atoms with van der Waals surface area (Å²) in [6.45, 7) is 4.74. The van der Waals surface area contributed by atoms with E-state index in [0.717, 1.165) is 13.0 Å². The molecule has 1 amide bonds. The highest BCUT2D eigenvalue weighted by Gasteiger charge is 2.47. The van der Waals surface area contributed by atoms with E-state index in [2.05, 4.69) is 0 Å². The molecule has 1 heterocycles. The summed E-state index contributed by atoms with van der Waals surface area (Å²) in [6, 6.07) is 0. The molecule has 70 valence electrons. The number of aliphatic hydroxyl groups excluding tert-OH is 1. The zero-order valence-electron chi connectivity index (χ0n) is 8.00. The molecular formula is C9H17NO2. The molecule has 3 nitrogen and oxygen atoms in total. The molecule has 0 spiro atoms. The maximum absolute atomic E-state index is 11.7. The third-order valence-electron chi connectivity index (χ3n) is 3.05. The molecule has 1 rings (SSSR count). The van der Waals surface area contributed by atoms with E-state index in [-0.39, 0.29) is 18.4 Å². The molecule has 0 aromatic heterocycles. The Labute approximate surface area is 73.4 Å². The molecule has 1 aliphatic rings. The van der Waals surface area contributed by atoms with Crippen LogP contribution in [0.4, 0.5) is 0 Å². The van der Waals surface area contributed by atoms with Gasteiger partial charge >= 0.3 is 0 Å². The van der Waals surface area contributed by atoms with Crippen LogP contribution in [0.25, 0.3) is 0 Å². The first-order valence-electron chi connectivity index (χ1n) is 4.41. The minimum atomic E-state index is -0.491. The predicted molar refractivity (Wildman–Crippen MR) is 46.6 cm³/mol. The average molecular weight is 171 g/mol. The second-order valence-electron chi connectivity index (χ2n) is 3.95. The highest BCUT2D eigenvalue weighted by atomic mass is 16.3. The van der Waals surface area contributed by atoms with Gasteiger partial charge in [-0.25, -0.2) is 0 Å². The van der Waals surface area contributed by atoms with Gasteiger partial charge in [-0.2, -0.15) is 0 Å². The SMILES string of the molecule is CC(C)C1(CO)CCN(C)C1=O. The Morgan fingerprint density at radius 3 is 2.42 bits per heavy atom. The smallest absolute Gasteiger partial charge is 0.231 e. The zero-order valence-corrected chi connectivity index (χ0v) is 8.00. The lowest BCUT2D eigenvalue weighted by atomic mass is 9.76. The molecule has 1 atom stereocenters. The highest BCUT2D eigenvalue weighted by Crippen LogP contribution is 2.37. The molecule has 1 saturated heterocycles. The van der Waals surface area contributed by atoms with Gasteiger partial charge in [-0.05, 0) is 12.3 Å². The summed E-state index contributed by atoms with van der Waals surface area (Å²) in [5.41, 5.74) is -0.491. The largest absolute Gasteiger partial charge is 0.395 e. The molecule has 1 fully saturated rings. The molecule has 12 heavy (non-hydrogen) atoms. The van der Waals surface area contributed by atoms with Crippen molar-refractivity contribution < 1.29 is 9.90 Å². The zero-order chi connectivity index (χ0) is 9.35. The Morgan fingerprint density at radius 2 is 2.25 bits per heavy atom. The summed E-state index contributed by atoms with van der Waals surface area (Å²) in [5, 5.41) is 9.23. The van der Waals surface area contributed by atoms with Gasteiger partial charge in [0, 0.05) is 13.6 Å². The molecule has 0 aromatic carbocycles. The van der Waals surface area contributed by atoms with Crippen LogP contribution in [0.3, 0.4) is 0 Å². The molecule has 1 N–H and O–H groups in total. The maximum atomic E-state index is 11.7. The van der Waals surface area contributed by atoms with Crippen molar-refractivity contribution in [2.45, 2.75) is 20.3 Å². The first-order valence-corrected chi connectivity index (χ1v) is 4.41. The van der Waals surface area contributed by atoms with Crippen molar-refractivity contribution >= 4 is 5.91 Å². The molecule has 0 saturated carbocycles. The van der Waals surface area contributed by atoms with Gasteiger partial charge in [-0.3, -0.25) is 4.79 Å². The van der Waals surface area contributed by atoms with Crippen molar-refractivity contribution in [3.63, 3.8) is 0 Å². The minimum absolute atomic E-state index is 0.0200. The number of aliphatic hydroxyl groups is 1. The molecule has 0 aliphatic carbocycles. The fraction of sp³-hybridized carbons (Fsp3) is 0.889. The second-order valence-corrected chi connectivity index (χ2v) is 3.95. The van der Waals surface area contributed by atoms with Crippen LogP contribution in [-0.4, -0.2) is 36.1 Å². The second kappa shape index (κ2) is 3.05. The minimum Gasteiger partial charge on any atom is -0.395 e. The fourth-order valence-electron chi connectivity index (χ4n) is 1.82. The van der Waals surface area contributed by atoms with Crippen LogP contribution >= 0.6 is 0 Å². The molecule has 3 heteroatoms. The van der Waals surface area contributed by atoms with Gasteiger partial charge in [-0.15, -0.1) is 0 Å². The summed E-state index contributed by atoms with van der Waals surface area (Å²) in [6.07, 6.45) is 0.788. The van der Waals surface area contributed by atoms with E-state index in [4.69, 9.17) is 0 Å². The Kier molecular flexibility index (Phi) is 2.42. The van der Waals surface area contributed by atoms with Crippen molar-refractivity contribution in [3.05, 3.63) is 0 Å². The van der Waals surface area contributed by atoms with Crippen molar-refractivity contribution in [1.82, 2.24) is 4.90 Å². The number of carbonyl (C=O) groups excluding carboxylic acids is 1. The van der Waals surface area contributed by atoms with Crippen LogP contribution in [0, 0.1) is 11.3 Å². The van der Waals surface area contributed by atoms with E-state index in [1.165, 1.54) is 0 Å². The lowest BCUT2D eigenvalue weighted by Gasteiger charge is -2.28. The lowest BCUT2D eigenvalue weighted by Crippen LogP contribution is -2.39. The maximum Gasteiger partial charge on any atom is 0.231 e. The van der Waals surface area contributed by atoms with E-state index in [9.17, 15) is 9.90 Å². The first-order chi connectivity index (χ1) is 5.54. The number of hydrogen-bond acceptors (Lipinski definition) is 2. The monoisotopic (exact) mass is 171 g/mol. The number of likely N-dealkylation sites (tertiary alicyclic amines) is 1. The van der Waals surface area contributed by atoms with Crippen molar-refractivity contribution in [3.8, 4) is 0 Å². The van der Waals surface area contributed by atoms with E-state index in [1.807, 2.05) is 13.8 Å². The number of nitrogens with zero attached hydrogens (tertiary/aromatic N) is 1. The third kappa shape index (κ3) is 1.12. The van der Waals surface area contributed by atoms with Crippen LogP contribution in [0.1, 0.15) is 20.3 Å². The lowest BCUT2D eigenvalue weighted by molar-refractivity contribution is -0.139. The summed E-state index contributed by atoms with van der Waals surface area (Å²) < 4.78 is 0. The van der Waals surface area contributed by atoms with Gasteiger partial charge in [-0.1, -0.05) is 13.8 Å². The topological polar surface area (TPSA) is 40.5 Å². The van der Waals surface area contributed by atoms with Gasteiger partial charge < -0.3 is 10.0 Å². The Hall–Kier alpha value is -0.570. The highest BCUT2D eigenvalue weighted by molar-refractivity contribution is 5.85. The van der Waals surface area contributed by atoms with Crippen LogP contribution in [0.5, 0.6) is 0 Å². The first kappa shape index (κ1) is 9.52. The Morgan fingerprint density at radius 1 is 1.67 bits per heavy atom. The Balaban J connectivity index is 2.88. The molecule has 0 aromatic rings. The average Bonchev–Trinajstić information content (AvgIpc) is 2.31. The normalized spacial score (nSPS) is 30.4. The van der Waals surface area contributed by atoms with Crippen molar-refractivity contribution in [2.24, 2.45) is 11.3 Å². The standard InChI is InChI=1S/C9H17NO2/c1-7(2)9(6-11)4-5-10(3)8(9)12/h7,11H,4-6H2,1-3H3.